The van der Waals surface area contributed by atoms with Crippen LogP contribution in [-0.4, -0.2) is 30.9 Å². The molecule has 0 aliphatic rings. The summed E-state index contributed by atoms with van der Waals surface area (Å²) >= 11 is 0. The van der Waals surface area contributed by atoms with Gasteiger partial charge in [-0.2, -0.15) is 10.1 Å². The van der Waals surface area contributed by atoms with E-state index in [1.165, 1.54) is 6.07 Å². The molecular weight excluding hydrogens is 311 g/mol. The van der Waals surface area contributed by atoms with Crippen molar-refractivity contribution in [2.45, 2.75) is 26.8 Å². The molecule has 0 saturated carbocycles. The molecule has 0 saturated heterocycles. The number of carbonyl (C=O) groups excluding carboxylic acids is 1. The van der Waals surface area contributed by atoms with Crippen molar-refractivity contribution in [3.8, 4) is 11.4 Å². The van der Waals surface area contributed by atoms with E-state index in [9.17, 15) is 9.18 Å². The highest BCUT2D eigenvalue weighted by Crippen LogP contribution is 2.19. The van der Waals surface area contributed by atoms with Gasteiger partial charge in [0, 0.05) is 11.7 Å². The van der Waals surface area contributed by atoms with E-state index in [2.05, 4.69) is 25.6 Å². The van der Waals surface area contributed by atoms with Gasteiger partial charge in [0.15, 0.2) is 11.5 Å². The molecule has 3 aromatic rings. The zero-order valence-corrected chi connectivity index (χ0v) is 13.5. The number of anilines is 1. The van der Waals surface area contributed by atoms with E-state index in [1.54, 1.807) is 28.9 Å². The van der Waals surface area contributed by atoms with Crippen molar-refractivity contribution in [2.75, 3.05) is 5.32 Å². The molecule has 0 aliphatic heterocycles. The Morgan fingerprint density at radius 2 is 2.08 bits per heavy atom. The Kier molecular flexibility index (Phi) is 4.11. The number of rotatable bonds is 4. The summed E-state index contributed by atoms with van der Waals surface area (Å²) in [6.07, 6.45) is 0. The summed E-state index contributed by atoms with van der Waals surface area (Å²) < 4.78 is 15.5. The summed E-state index contributed by atoms with van der Waals surface area (Å²) in [7, 11) is 0. The van der Waals surface area contributed by atoms with Crippen LogP contribution in [0.25, 0.3) is 11.4 Å². The number of hydrogen-bond donors (Lipinski definition) is 2. The minimum atomic E-state index is -0.420. The van der Waals surface area contributed by atoms with Crippen LogP contribution in [0.4, 0.5) is 10.3 Å². The van der Waals surface area contributed by atoms with Crippen molar-refractivity contribution < 1.29 is 9.18 Å². The third kappa shape index (κ3) is 3.03. The van der Waals surface area contributed by atoms with Gasteiger partial charge in [-0.15, -0.1) is 5.10 Å². The standard InChI is InChI=1S/C16H17FN6O/c1-9(2)23-10(3)8-13(22-23)15(24)19-16-18-14(20-21-16)11-6-4-5-7-12(11)17/h4-9H,1-3H3,(H2,18,19,20,21,24). The third-order valence-electron chi connectivity index (χ3n) is 3.48. The second-order valence-corrected chi connectivity index (χ2v) is 5.65. The van der Waals surface area contributed by atoms with Gasteiger partial charge in [-0.25, -0.2) is 4.39 Å². The van der Waals surface area contributed by atoms with Gasteiger partial charge >= 0.3 is 0 Å². The summed E-state index contributed by atoms with van der Waals surface area (Å²) in [5, 5.41) is 13.3. The van der Waals surface area contributed by atoms with E-state index in [0.29, 0.717) is 0 Å². The zero-order valence-electron chi connectivity index (χ0n) is 13.5. The van der Waals surface area contributed by atoms with Crippen molar-refractivity contribution >= 4 is 11.9 Å². The van der Waals surface area contributed by atoms with E-state index >= 15 is 0 Å². The molecule has 8 heteroatoms. The SMILES string of the molecule is Cc1cc(C(=O)Nc2n[nH]c(-c3ccccc3F)n2)nn1C(C)C. The molecule has 24 heavy (non-hydrogen) atoms. The molecule has 0 unspecified atom stereocenters. The molecule has 0 radical (unpaired) electrons. The molecule has 2 aromatic heterocycles. The molecular formula is C16H17FN6O. The first-order valence-corrected chi connectivity index (χ1v) is 7.50. The molecule has 0 spiro atoms. The van der Waals surface area contributed by atoms with Gasteiger partial charge in [-0.05, 0) is 39.0 Å². The number of carbonyl (C=O) groups is 1. The smallest absolute Gasteiger partial charge is 0.278 e. The first-order chi connectivity index (χ1) is 11.5. The molecule has 7 nitrogen and oxygen atoms in total. The normalized spacial score (nSPS) is 11.0. The van der Waals surface area contributed by atoms with Gasteiger partial charge in [-0.3, -0.25) is 19.9 Å². The number of benzene rings is 1. The minimum Gasteiger partial charge on any atom is -0.288 e. The molecule has 0 fully saturated rings. The molecule has 3 rings (SSSR count). The second kappa shape index (κ2) is 6.23. The number of nitrogens with zero attached hydrogens (tertiary/aromatic N) is 4. The molecule has 0 aliphatic carbocycles. The zero-order chi connectivity index (χ0) is 17.3. The van der Waals surface area contributed by atoms with Crippen molar-refractivity contribution in [1.82, 2.24) is 25.0 Å². The Bertz CT molecular complexity index is 882. The van der Waals surface area contributed by atoms with E-state index in [4.69, 9.17) is 0 Å². The Morgan fingerprint density at radius 1 is 1.33 bits per heavy atom. The highest BCUT2D eigenvalue weighted by molar-refractivity contribution is 6.02. The van der Waals surface area contributed by atoms with Crippen molar-refractivity contribution in [3.05, 3.63) is 47.5 Å². The maximum atomic E-state index is 13.7. The van der Waals surface area contributed by atoms with Gasteiger partial charge in [-0.1, -0.05) is 12.1 Å². The predicted molar refractivity (Wildman–Crippen MR) is 87.1 cm³/mol. The van der Waals surface area contributed by atoms with Crippen molar-refractivity contribution in [2.24, 2.45) is 0 Å². The minimum absolute atomic E-state index is 0.0648. The van der Waals surface area contributed by atoms with Crippen LogP contribution in [0.5, 0.6) is 0 Å². The first kappa shape index (κ1) is 15.9. The molecule has 2 N–H and O–H groups in total. The molecule has 124 valence electrons. The molecule has 1 aromatic carbocycles. The molecule has 0 bridgehead atoms. The van der Waals surface area contributed by atoms with Crippen molar-refractivity contribution in [1.29, 1.82) is 0 Å². The van der Waals surface area contributed by atoms with Crippen LogP contribution < -0.4 is 5.32 Å². The fourth-order valence-corrected chi connectivity index (χ4v) is 2.38. The van der Waals surface area contributed by atoms with E-state index in [-0.39, 0.29) is 29.1 Å². The van der Waals surface area contributed by atoms with E-state index in [1.807, 2.05) is 20.8 Å². The van der Waals surface area contributed by atoms with Gasteiger partial charge in [0.25, 0.3) is 5.91 Å². The largest absolute Gasteiger partial charge is 0.288 e. The van der Waals surface area contributed by atoms with Crippen LogP contribution in [0, 0.1) is 12.7 Å². The molecule has 1 amide bonds. The summed E-state index contributed by atoms with van der Waals surface area (Å²) in [5.74, 6) is -0.531. The number of halogens is 1. The average Bonchev–Trinajstić information content (AvgIpc) is 3.14. The molecule has 2 heterocycles. The Hall–Kier alpha value is -3.03. The maximum absolute atomic E-state index is 13.7. The highest BCUT2D eigenvalue weighted by Gasteiger charge is 2.16. The number of hydrogen-bond acceptors (Lipinski definition) is 4. The lowest BCUT2D eigenvalue weighted by Gasteiger charge is -2.06. The number of aromatic amines is 1. The van der Waals surface area contributed by atoms with Gasteiger partial charge in [0.2, 0.25) is 5.95 Å². The Morgan fingerprint density at radius 3 is 2.75 bits per heavy atom. The third-order valence-corrected chi connectivity index (χ3v) is 3.48. The average molecular weight is 328 g/mol. The van der Waals surface area contributed by atoms with Gasteiger partial charge in [0.05, 0.1) is 5.56 Å². The number of H-pyrrole nitrogens is 1. The molecule has 0 atom stereocenters. The highest BCUT2D eigenvalue weighted by atomic mass is 19.1. The number of amides is 1. The quantitative estimate of drug-likeness (QED) is 0.770. The lowest BCUT2D eigenvalue weighted by atomic mass is 10.2. The van der Waals surface area contributed by atoms with Gasteiger partial charge < -0.3 is 0 Å². The fourth-order valence-electron chi connectivity index (χ4n) is 2.38. The lowest BCUT2D eigenvalue weighted by molar-refractivity contribution is 0.102. The Labute approximate surface area is 137 Å². The van der Waals surface area contributed by atoms with E-state index < -0.39 is 11.7 Å². The summed E-state index contributed by atoms with van der Waals surface area (Å²) in [5.41, 5.74) is 1.45. The number of aromatic nitrogens is 5. The van der Waals surface area contributed by atoms with Crippen LogP contribution >= 0.6 is 0 Å². The predicted octanol–water partition coefficient (Wildman–Crippen LogP) is 2.95. The monoisotopic (exact) mass is 328 g/mol. The fraction of sp³-hybridized carbons (Fsp3) is 0.250. The van der Waals surface area contributed by atoms with Crippen LogP contribution in [0.1, 0.15) is 36.1 Å². The van der Waals surface area contributed by atoms with E-state index in [0.717, 1.165) is 5.69 Å². The van der Waals surface area contributed by atoms with Crippen LogP contribution in [0.2, 0.25) is 0 Å². The topological polar surface area (TPSA) is 88.5 Å². The second-order valence-electron chi connectivity index (χ2n) is 5.65. The lowest BCUT2D eigenvalue weighted by Crippen LogP contribution is -2.15. The van der Waals surface area contributed by atoms with Gasteiger partial charge in [0.1, 0.15) is 5.82 Å². The maximum Gasteiger partial charge on any atom is 0.278 e. The number of aryl methyl sites for hydroxylation is 1. The Balaban J connectivity index is 1.79. The summed E-state index contributed by atoms with van der Waals surface area (Å²) in [6, 6.07) is 8.04. The van der Waals surface area contributed by atoms with Crippen molar-refractivity contribution in [3.63, 3.8) is 0 Å². The summed E-state index contributed by atoms with van der Waals surface area (Å²) in [6.45, 7) is 5.85. The summed E-state index contributed by atoms with van der Waals surface area (Å²) in [4.78, 5) is 16.4. The van der Waals surface area contributed by atoms with Crippen LogP contribution in [-0.2, 0) is 0 Å². The first-order valence-electron chi connectivity index (χ1n) is 7.50. The van der Waals surface area contributed by atoms with Crippen LogP contribution in [0.15, 0.2) is 30.3 Å². The van der Waals surface area contributed by atoms with Crippen LogP contribution in [0.3, 0.4) is 0 Å². The number of nitrogens with one attached hydrogen (secondary N) is 2.